The lowest BCUT2D eigenvalue weighted by atomic mass is 10.0. The van der Waals surface area contributed by atoms with Gasteiger partial charge < -0.3 is 35.9 Å². The number of carbonyl (C=O) groups excluding carboxylic acids is 5. The number of likely N-dealkylation sites (tertiary alicyclic amines) is 1. The number of aliphatic carboxylic acids is 2. The summed E-state index contributed by atoms with van der Waals surface area (Å²) in [7, 11) is 0. The molecule has 1 saturated heterocycles. The Morgan fingerprint density at radius 3 is 2.20 bits per heavy atom. The third-order valence-corrected chi connectivity index (χ3v) is 5.42. The van der Waals surface area contributed by atoms with Gasteiger partial charge in [-0.05, 0) is 31.6 Å². The van der Waals surface area contributed by atoms with Crippen LogP contribution in [0.2, 0.25) is 0 Å². The second kappa shape index (κ2) is 14.0. The number of nitrogens with one attached hydrogen (secondary N) is 3. The molecule has 13 heteroatoms. The molecule has 1 aliphatic heterocycles. The number of rotatable bonds is 14. The Kier molecular flexibility index (Phi) is 11.8. The fraction of sp³-hybridized carbons (Fsp3) is 0.682. The quantitative estimate of drug-likeness (QED) is 0.187. The molecule has 0 aliphatic carbocycles. The predicted octanol–water partition coefficient (Wildman–Crippen LogP) is -0.964. The first-order chi connectivity index (χ1) is 16.3. The van der Waals surface area contributed by atoms with E-state index in [-0.39, 0.29) is 25.3 Å². The van der Waals surface area contributed by atoms with Crippen LogP contribution in [-0.4, -0.2) is 87.7 Å². The van der Waals surface area contributed by atoms with E-state index in [9.17, 15) is 38.7 Å². The Labute approximate surface area is 203 Å². The van der Waals surface area contributed by atoms with Gasteiger partial charge in [-0.25, -0.2) is 4.79 Å². The van der Waals surface area contributed by atoms with Crippen molar-refractivity contribution in [3.05, 3.63) is 0 Å². The van der Waals surface area contributed by atoms with Crippen molar-refractivity contribution in [2.45, 2.75) is 83.5 Å². The van der Waals surface area contributed by atoms with Crippen molar-refractivity contribution < 1.29 is 43.8 Å². The predicted molar refractivity (Wildman–Crippen MR) is 121 cm³/mol. The molecule has 4 amide bonds. The van der Waals surface area contributed by atoms with Crippen LogP contribution in [-0.2, 0) is 33.6 Å². The van der Waals surface area contributed by atoms with E-state index >= 15 is 0 Å². The van der Waals surface area contributed by atoms with Gasteiger partial charge in [0.25, 0.3) is 0 Å². The van der Waals surface area contributed by atoms with Gasteiger partial charge in [0.1, 0.15) is 24.4 Å². The molecular weight excluding hydrogens is 464 g/mol. The molecular formula is C22H34N4O9. The second-order valence-electron chi connectivity index (χ2n) is 8.91. The van der Waals surface area contributed by atoms with Gasteiger partial charge in [-0.2, -0.15) is 0 Å². The molecule has 0 saturated carbocycles. The summed E-state index contributed by atoms with van der Waals surface area (Å²) >= 11 is 0. The van der Waals surface area contributed by atoms with Crippen LogP contribution >= 0.6 is 0 Å². The largest absolute Gasteiger partial charge is 0.481 e. The zero-order valence-corrected chi connectivity index (χ0v) is 20.1. The topological polar surface area (TPSA) is 199 Å². The van der Waals surface area contributed by atoms with Gasteiger partial charge in [0, 0.05) is 19.9 Å². The number of carboxylic acids is 2. The van der Waals surface area contributed by atoms with E-state index in [0.29, 0.717) is 25.5 Å². The molecule has 196 valence electrons. The molecule has 1 aliphatic rings. The summed E-state index contributed by atoms with van der Waals surface area (Å²) in [5, 5.41) is 25.5. The summed E-state index contributed by atoms with van der Waals surface area (Å²) in [5.74, 6) is -4.85. The summed E-state index contributed by atoms with van der Waals surface area (Å²) < 4.78 is 0. The summed E-state index contributed by atoms with van der Waals surface area (Å²) in [5.41, 5.74) is 0. The van der Waals surface area contributed by atoms with E-state index < -0.39 is 66.2 Å². The fourth-order valence-electron chi connectivity index (χ4n) is 3.83. The molecule has 0 aromatic rings. The van der Waals surface area contributed by atoms with Crippen LogP contribution in [0.15, 0.2) is 0 Å². The average molecular weight is 499 g/mol. The number of aldehydes is 1. The Bertz CT molecular complexity index is 830. The normalized spacial score (nSPS) is 17.7. The minimum absolute atomic E-state index is 0.0509. The summed E-state index contributed by atoms with van der Waals surface area (Å²) in [6.45, 7) is 5.17. The number of carboxylic acid groups (broad SMARTS) is 2. The smallest absolute Gasteiger partial charge is 0.326 e. The molecule has 0 spiro atoms. The van der Waals surface area contributed by atoms with Gasteiger partial charge in [-0.3, -0.25) is 24.0 Å². The van der Waals surface area contributed by atoms with Crippen LogP contribution < -0.4 is 16.0 Å². The first kappa shape index (κ1) is 29.5. The van der Waals surface area contributed by atoms with Gasteiger partial charge >= 0.3 is 11.9 Å². The van der Waals surface area contributed by atoms with E-state index in [2.05, 4.69) is 16.0 Å². The van der Waals surface area contributed by atoms with Gasteiger partial charge in [0.2, 0.25) is 23.6 Å². The van der Waals surface area contributed by atoms with Crippen LogP contribution in [0.3, 0.4) is 0 Å². The van der Waals surface area contributed by atoms with E-state index in [1.54, 1.807) is 0 Å². The summed E-state index contributed by atoms with van der Waals surface area (Å²) in [6.07, 6.45) is 0.305. The number of nitrogens with zero attached hydrogens (tertiary/aromatic N) is 1. The molecule has 4 atom stereocenters. The fourth-order valence-corrected chi connectivity index (χ4v) is 3.83. The maximum Gasteiger partial charge on any atom is 0.326 e. The molecule has 1 fully saturated rings. The third kappa shape index (κ3) is 10.1. The molecule has 0 bridgehead atoms. The van der Waals surface area contributed by atoms with Crippen LogP contribution in [0.5, 0.6) is 0 Å². The number of amides is 4. The highest BCUT2D eigenvalue weighted by molar-refractivity contribution is 5.92. The molecule has 0 radical (unpaired) electrons. The highest BCUT2D eigenvalue weighted by Gasteiger charge is 2.36. The monoisotopic (exact) mass is 498 g/mol. The number of carbonyl (C=O) groups is 7. The SMILES string of the molecule is CC(=O)N[C@@H](CC(C)C)C(=O)N[C@@H](CCC(=O)N1CCC[C@H]1C(=O)N[C@H](C=O)CC(=O)O)C(=O)O. The van der Waals surface area contributed by atoms with Crippen molar-refractivity contribution in [2.75, 3.05) is 6.54 Å². The molecule has 0 unspecified atom stereocenters. The lowest BCUT2D eigenvalue weighted by molar-refractivity contribution is -0.144. The molecule has 13 nitrogen and oxygen atoms in total. The molecule has 0 aromatic carbocycles. The van der Waals surface area contributed by atoms with Gasteiger partial charge in [-0.15, -0.1) is 0 Å². The first-order valence-electron chi connectivity index (χ1n) is 11.4. The number of hydrogen-bond acceptors (Lipinski definition) is 7. The van der Waals surface area contributed by atoms with E-state index in [4.69, 9.17) is 5.11 Å². The maximum absolute atomic E-state index is 12.8. The van der Waals surface area contributed by atoms with Crippen LogP contribution in [0, 0.1) is 5.92 Å². The van der Waals surface area contributed by atoms with Gasteiger partial charge in [0.05, 0.1) is 12.5 Å². The minimum Gasteiger partial charge on any atom is -0.481 e. The van der Waals surface area contributed by atoms with Crippen molar-refractivity contribution in [3.63, 3.8) is 0 Å². The molecule has 5 N–H and O–H groups in total. The Balaban J connectivity index is 2.77. The first-order valence-corrected chi connectivity index (χ1v) is 11.4. The van der Waals surface area contributed by atoms with Crippen molar-refractivity contribution in [1.82, 2.24) is 20.9 Å². The lowest BCUT2D eigenvalue weighted by Gasteiger charge is -2.26. The zero-order chi connectivity index (χ0) is 26.7. The Hall–Kier alpha value is -3.51. The van der Waals surface area contributed by atoms with Gasteiger partial charge in [0.15, 0.2) is 0 Å². The third-order valence-electron chi connectivity index (χ3n) is 5.42. The summed E-state index contributed by atoms with van der Waals surface area (Å²) in [4.78, 5) is 84.0. The van der Waals surface area contributed by atoms with Gasteiger partial charge in [-0.1, -0.05) is 13.8 Å². The standard InChI is InChI=1S/C22H34N4O9/c1-12(2)9-16(23-13(3)28)20(32)25-15(22(34)35)6-7-18(29)26-8-4-5-17(26)21(33)24-14(11-27)10-19(30)31/h11-12,14-17H,4-10H2,1-3H3,(H,23,28)(H,24,33)(H,25,32)(H,30,31)(H,34,35)/t14-,15-,16-,17-/m0/s1. The van der Waals surface area contributed by atoms with E-state index in [0.717, 1.165) is 0 Å². The maximum atomic E-state index is 12.8. The van der Waals surface area contributed by atoms with E-state index in [1.807, 2.05) is 13.8 Å². The zero-order valence-electron chi connectivity index (χ0n) is 20.1. The highest BCUT2D eigenvalue weighted by Crippen LogP contribution is 2.20. The van der Waals surface area contributed by atoms with E-state index in [1.165, 1.54) is 11.8 Å². The molecule has 35 heavy (non-hydrogen) atoms. The Morgan fingerprint density at radius 1 is 1.03 bits per heavy atom. The van der Waals surface area contributed by atoms with Crippen LogP contribution in [0.1, 0.15) is 59.3 Å². The Morgan fingerprint density at radius 2 is 1.69 bits per heavy atom. The second-order valence-corrected chi connectivity index (χ2v) is 8.91. The average Bonchev–Trinajstić information content (AvgIpc) is 3.24. The molecule has 0 aromatic heterocycles. The minimum atomic E-state index is -1.39. The summed E-state index contributed by atoms with van der Waals surface area (Å²) in [6, 6.07) is -4.45. The van der Waals surface area contributed by atoms with Crippen molar-refractivity contribution in [1.29, 1.82) is 0 Å². The van der Waals surface area contributed by atoms with Crippen molar-refractivity contribution >= 4 is 41.9 Å². The van der Waals surface area contributed by atoms with Crippen molar-refractivity contribution in [2.24, 2.45) is 5.92 Å². The molecule has 1 rings (SSSR count). The lowest BCUT2D eigenvalue weighted by Crippen LogP contribution is -2.52. The highest BCUT2D eigenvalue weighted by atomic mass is 16.4. The van der Waals surface area contributed by atoms with Crippen molar-refractivity contribution in [3.8, 4) is 0 Å². The van der Waals surface area contributed by atoms with Crippen LogP contribution in [0.25, 0.3) is 0 Å². The number of hydrogen-bond donors (Lipinski definition) is 5. The molecule has 1 heterocycles. The van der Waals surface area contributed by atoms with Crippen LogP contribution in [0.4, 0.5) is 0 Å².